The summed E-state index contributed by atoms with van der Waals surface area (Å²) in [4.78, 5) is 6.86. The van der Waals surface area contributed by atoms with Crippen LogP contribution in [0, 0.1) is 5.92 Å². The van der Waals surface area contributed by atoms with Crippen LogP contribution in [0.15, 0.2) is 41.5 Å². The molecule has 0 atom stereocenters. The van der Waals surface area contributed by atoms with E-state index in [1.54, 1.807) is 13.2 Å². The third-order valence-corrected chi connectivity index (χ3v) is 5.35. The first kappa shape index (κ1) is 19.4. The lowest BCUT2D eigenvalue weighted by Gasteiger charge is -2.30. The van der Waals surface area contributed by atoms with Crippen molar-refractivity contribution < 1.29 is 0 Å². The Labute approximate surface area is 162 Å². The highest BCUT2D eigenvalue weighted by atomic mass is 15.3. The summed E-state index contributed by atoms with van der Waals surface area (Å²) in [7, 11) is 3.74. The van der Waals surface area contributed by atoms with Crippen molar-refractivity contribution in [3.05, 3.63) is 53.3 Å². The van der Waals surface area contributed by atoms with Gasteiger partial charge in [0, 0.05) is 33.4 Å². The maximum Gasteiger partial charge on any atom is 0.191 e. The van der Waals surface area contributed by atoms with E-state index in [0.29, 0.717) is 6.54 Å². The highest BCUT2D eigenvalue weighted by Gasteiger charge is 2.15. The van der Waals surface area contributed by atoms with E-state index in [-0.39, 0.29) is 0 Å². The summed E-state index contributed by atoms with van der Waals surface area (Å²) in [5.74, 6) is 1.68. The number of guanidine groups is 1. The molecule has 146 valence electrons. The minimum atomic E-state index is 0.698. The molecule has 1 fully saturated rings. The number of nitrogens with one attached hydrogen (secondary N) is 2. The molecule has 1 saturated heterocycles. The number of benzene rings is 1. The zero-order chi connectivity index (χ0) is 19.1. The lowest BCUT2D eigenvalue weighted by Crippen LogP contribution is -2.36. The summed E-state index contributed by atoms with van der Waals surface area (Å²) in [5.41, 5.74) is 3.77. The van der Waals surface area contributed by atoms with Gasteiger partial charge in [0.1, 0.15) is 0 Å². The van der Waals surface area contributed by atoms with Crippen molar-refractivity contribution >= 4 is 5.96 Å². The molecule has 1 aliphatic rings. The molecule has 3 rings (SSSR count). The van der Waals surface area contributed by atoms with E-state index in [9.17, 15) is 0 Å². The number of hydrogen-bond donors (Lipinski definition) is 2. The average Bonchev–Trinajstić information content (AvgIpc) is 3.10. The molecule has 6 heteroatoms. The van der Waals surface area contributed by atoms with Crippen LogP contribution in [-0.2, 0) is 26.7 Å². The second-order valence-electron chi connectivity index (χ2n) is 7.50. The minimum Gasteiger partial charge on any atom is -0.352 e. The Balaban J connectivity index is 1.44. The molecular formula is C21H32N6. The van der Waals surface area contributed by atoms with Gasteiger partial charge in [-0.2, -0.15) is 5.10 Å². The Kier molecular flexibility index (Phi) is 6.87. The van der Waals surface area contributed by atoms with E-state index in [0.717, 1.165) is 30.7 Å². The Hall–Kier alpha value is -2.34. The van der Waals surface area contributed by atoms with Gasteiger partial charge in [-0.15, -0.1) is 0 Å². The summed E-state index contributed by atoms with van der Waals surface area (Å²) in [6.07, 6.45) is 4.46. The maximum absolute atomic E-state index is 4.29. The van der Waals surface area contributed by atoms with Crippen molar-refractivity contribution in [3.63, 3.8) is 0 Å². The zero-order valence-electron chi connectivity index (χ0n) is 16.8. The Morgan fingerprint density at radius 2 is 1.74 bits per heavy atom. The lowest BCUT2D eigenvalue weighted by molar-refractivity contribution is 0.185. The Morgan fingerprint density at radius 1 is 1.07 bits per heavy atom. The van der Waals surface area contributed by atoms with Crippen LogP contribution in [-0.4, -0.2) is 40.8 Å². The summed E-state index contributed by atoms with van der Waals surface area (Å²) >= 11 is 0. The quantitative estimate of drug-likeness (QED) is 0.608. The second kappa shape index (κ2) is 9.55. The summed E-state index contributed by atoms with van der Waals surface area (Å²) < 4.78 is 1.86. The predicted octanol–water partition coefficient (Wildman–Crippen LogP) is 2.52. The van der Waals surface area contributed by atoms with Gasteiger partial charge in [-0.3, -0.25) is 14.6 Å². The standard InChI is InChI=1S/C21H32N6/c1-17-9-12-27(13-10-17)16-19-6-4-18(5-7-19)14-23-21(22-2)24-15-20-8-11-25-26(20)3/h4-8,11,17H,9-10,12-16H2,1-3H3,(H2,22,23,24). The zero-order valence-corrected chi connectivity index (χ0v) is 16.8. The average molecular weight is 369 g/mol. The van der Waals surface area contributed by atoms with Gasteiger partial charge in [-0.25, -0.2) is 0 Å². The van der Waals surface area contributed by atoms with Crippen molar-refractivity contribution in [2.24, 2.45) is 18.0 Å². The number of piperidine rings is 1. The van der Waals surface area contributed by atoms with E-state index in [1.165, 1.54) is 37.1 Å². The lowest BCUT2D eigenvalue weighted by atomic mass is 9.99. The molecule has 1 aliphatic heterocycles. The van der Waals surface area contributed by atoms with Crippen molar-refractivity contribution in [1.82, 2.24) is 25.3 Å². The van der Waals surface area contributed by atoms with Crippen LogP contribution < -0.4 is 10.6 Å². The third kappa shape index (κ3) is 5.82. The van der Waals surface area contributed by atoms with Gasteiger partial charge >= 0.3 is 0 Å². The van der Waals surface area contributed by atoms with Crippen LogP contribution in [0.3, 0.4) is 0 Å². The highest BCUT2D eigenvalue weighted by Crippen LogP contribution is 2.18. The summed E-state index contributed by atoms with van der Waals surface area (Å²) in [5, 5.41) is 10.9. The molecule has 27 heavy (non-hydrogen) atoms. The molecule has 2 N–H and O–H groups in total. The van der Waals surface area contributed by atoms with Gasteiger partial charge in [0.2, 0.25) is 0 Å². The fourth-order valence-electron chi connectivity index (χ4n) is 3.40. The minimum absolute atomic E-state index is 0.698. The number of aromatic nitrogens is 2. The fraction of sp³-hybridized carbons (Fsp3) is 0.524. The molecular weight excluding hydrogens is 336 g/mol. The normalized spacial score (nSPS) is 16.5. The van der Waals surface area contributed by atoms with Gasteiger partial charge in [-0.1, -0.05) is 31.2 Å². The number of likely N-dealkylation sites (tertiary alicyclic amines) is 1. The number of hydrogen-bond acceptors (Lipinski definition) is 3. The van der Waals surface area contributed by atoms with Gasteiger partial charge < -0.3 is 10.6 Å². The number of rotatable bonds is 6. The smallest absolute Gasteiger partial charge is 0.191 e. The molecule has 1 aromatic carbocycles. The molecule has 0 unspecified atom stereocenters. The molecule has 6 nitrogen and oxygen atoms in total. The molecule has 0 radical (unpaired) electrons. The number of aliphatic imine (C=N–C) groups is 1. The van der Waals surface area contributed by atoms with Crippen LogP contribution in [0.5, 0.6) is 0 Å². The Morgan fingerprint density at radius 3 is 2.37 bits per heavy atom. The van der Waals surface area contributed by atoms with Crippen LogP contribution >= 0.6 is 0 Å². The van der Waals surface area contributed by atoms with Gasteiger partial charge in [-0.05, 0) is 49.0 Å². The van der Waals surface area contributed by atoms with Crippen LogP contribution in [0.25, 0.3) is 0 Å². The van der Waals surface area contributed by atoms with Crippen molar-refractivity contribution in [2.75, 3.05) is 20.1 Å². The van der Waals surface area contributed by atoms with E-state index in [4.69, 9.17) is 0 Å². The summed E-state index contributed by atoms with van der Waals surface area (Å²) in [6.45, 7) is 7.33. The highest BCUT2D eigenvalue weighted by molar-refractivity contribution is 5.79. The maximum atomic E-state index is 4.29. The third-order valence-electron chi connectivity index (χ3n) is 5.35. The molecule has 2 heterocycles. The predicted molar refractivity (Wildman–Crippen MR) is 110 cm³/mol. The number of aryl methyl sites for hydroxylation is 1. The van der Waals surface area contributed by atoms with E-state index < -0.39 is 0 Å². The SMILES string of the molecule is CN=C(NCc1ccc(CN2CCC(C)CC2)cc1)NCc1ccnn1C. The molecule has 0 spiro atoms. The van der Waals surface area contributed by atoms with Crippen LogP contribution in [0.2, 0.25) is 0 Å². The van der Waals surface area contributed by atoms with E-state index in [2.05, 4.69) is 56.8 Å². The van der Waals surface area contributed by atoms with Crippen molar-refractivity contribution in [1.29, 1.82) is 0 Å². The largest absolute Gasteiger partial charge is 0.352 e. The molecule has 0 saturated carbocycles. The van der Waals surface area contributed by atoms with Gasteiger partial charge in [0.25, 0.3) is 0 Å². The molecule has 2 aromatic rings. The van der Waals surface area contributed by atoms with Crippen LogP contribution in [0.4, 0.5) is 0 Å². The fourth-order valence-corrected chi connectivity index (χ4v) is 3.40. The summed E-state index contributed by atoms with van der Waals surface area (Å²) in [6, 6.07) is 10.9. The first-order chi connectivity index (χ1) is 13.1. The van der Waals surface area contributed by atoms with Crippen LogP contribution in [0.1, 0.15) is 36.6 Å². The van der Waals surface area contributed by atoms with E-state index >= 15 is 0 Å². The topological polar surface area (TPSA) is 57.5 Å². The Bertz CT molecular complexity index is 725. The molecule has 0 bridgehead atoms. The number of nitrogens with zero attached hydrogens (tertiary/aromatic N) is 4. The van der Waals surface area contributed by atoms with Crippen molar-refractivity contribution in [3.8, 4) is 0 Å². The van der Waals surface area contributed by atoms with Gasteiger partial charge in [0.15, 0.2) is 5.96 Å². The molecule has 0 aliphatic carbocycles. The first-order valence-corrected chi connectivity index (χ1v) is 9.85. The second-order valence-corrected chi connectivity index (χ2v) is 7.50. The van der Waals surface area contributed by atoms with Crippen molar-refractivity contribution in [2.45, 2.75) is 39.4 Å². The van der Waals surface area contributed by atoms with Gasteiger partial charge in [0.05, 0.1) is 12.2 Å². The monoisotopic (exact) mass is 368 g/mol. The molecule has 1 aromatic heterocycles. The van der Waals surface area contributed by atoms with E-state index in [1.807, 2.05) is 17.8 Å². The molecule has 0 amide bonds. The first-order valence-electron chi connectivity index (χ1n) is 9.85.